The normalized spacial score (nSPS) is 11.9. The molecule has 238 valence electrons. The van der Waals surface area contributed by atoms with E-state index >= 15 is 0 Å². The second kappa shape index (κ2) is 10.9. The number of hydrogen-bond donors (Lipinski definition) is 0. The Labute approximate surface area is 295 Å². The summed E-state index contributed by atoms with van der Waals surface area (Å²) in [7, 11) is 0. The highest BCUT2D eigenvalue weighted by molar-refractivity contribution is 7.25. The smallest absolute Gasteiger partial charge is 0.164 e. The fraction of sp³-hybridized carbons (Fsp3) is 0. The maximum atomic E-state index is 6.15. The molecule has 0 aliphatic rings. The molecule has 4 heterocycles. The molecule has 11 rings (SSSR count). The third kappa shape index (κ3) is 4.43. The summed E-state index contributed by atoms with van der Waals surface area (Å²) >= 11 is 1.79. The minimum Gasteiger partial charge on any atom is -0.456 e. The minimum absolute atomic E-state index is 0.616. The van der Waals surface area contributed by atoms with Crippen molar-refractivity contribution in [2.24, 2.45) is 0 Å². The highest BCUT2D eigenvalue weighted by atomic mass is 32.1. The maximum absolute atomic E-state index is 6.15. The number of benzene rings is 7. The van der Waals surface area contributed by atoms with E-state index in [1.165, 1.54) is 25.6 Å². The molecule has 4 aromatic heterocycles. The molecule has 0 saturated heterocycles. The Bertz CT molecular complexity index is 3150. The summed E-state index contributed by atoms with van der Waals surface area (Å²) in [6.45, 7) is 0. The summed E-state index contributed by atoms with van der Waals surface area (Å²) in [5, 5.41) is 6.94. The molecule has 0 radical (unpaired) electrons. The molecular weight excluding hydrogens is 645 g/mol. The number of rotatable bonds is 4. The van der Waals surface area contributed by atoms with E-state index in [0.717, 1.165) is 60.7 Å². The van der Waals surface area contributed by atoms with E-state index in [1.54, 1.807) is 11.3 Å². The molecule has 0 aliphatic heterocycles. The van der Waals surface area contributed by atoms with Gasteiger partial charge in [0.25, 0.3) is 0 Å². The van der Waals surface area contributed by atoms with Crippen molar-refractivity contribution in [3.05, 3.63) is 158 Å². The summed E-state index contributed by atoms with van der Waals surface area (Å²) in [6.07, 6.45) is 0. The van der Waals surface area contributed by atoms with Crippen LogP contribution in [0.25, 0.3) is 104 Å². The van der Waals surface area contributed by atoms with Crippen LogP contribution >= 0.6 is 11.3 Å². The summed E-state index contributed by atoms with van der Waals surface area (Å²) in [5.74, 6) is 1.88. The van der Waals surface area contributed by atoms with Gasteiger partial charge in [-0.25, -0.2) is 15.0 Å². The second-order valence-electron chi connectivity index (χ2n) is 12.8. The van der Waals surface area contributed by atoms with Gasteiger partial charge in [-0.15, -0.1) is 11.3 Å². The zero-order chi connectivity index (χ0) is 33.5. The number of nitrogens with zero attached hydrogens (tertiary/aromatic N) is 4. The van der Waals surface area contributed by atoms with Gasteiger partial charge in [0.05, 0.1) is 11.0 Å². The van der Waals surface area contributed by atoms with Crippen LogP contribution < -0.4 is 0 Å². The second-order valence-corrected chi connectivity index (χ2v) is 13.9. The van der Waals surface area contributed by atoms with E-state index < -0.39 is 0 Å². The lowest BCUT2D eigenvalue weighted by Crippen LogP contribution is -2.00. The van der Waals surface area contributed by atoms with Crippen molar-refractivity contribution in [2.75, 3.05) is 0 Å². The molecule has 0 amide bonds. The zero-order valence-corrected chi connectivity index (χ0v) is 27.9. The number of thiophene rings is 1. The largest absolute Gasteiger partial charge is 0.456 e. The van der Waals surface area contributed by atoms with Gasteiger partial charge in [-0.3, -0.25) is 0 Å². The minimum atomic E-state index is 0.616. The van der Waals surface area contributed by atoms with Crippen LogP contribution in [0.3, 0.4) is 0 Å². The molecule has 0 fully saturated rings. The third-order valence-corrected chi connectivity index (χ3v) is 11.0. The first-order chi connectivity index (χ1) is 25.2. The van der Waals surface area contributed by atoms with E-state index in [-0.39, 0.29) is 0 Å². The van der Waals surface area contributed by atoms with Gasteiger partial charge in [0.2, 0.25) is 0 Å². The summed E-state index contributed by atoms with van der Waals surface area (Å²) in [6, 6.07) is 55.1. The molecule has 51 heavy (non-hydrogen) atoms. The van der Waals surface area contributed by atoms with Crippen molar-refractivity contribution in [2.45, 2.75) is 0 Å². The van der Waals surface area contributed by atoms with E-state index in [0.29, 0.717) is 17.5 Å². The Hall–Kier alpha value is -6.63. The highest BCUT2D eigenvalue weighted by Crippen LogP contribution is 2.38. The van der Waals surface area contributed by atoms with E-state index in [2.05, 4.69) is 132 Å². The Balaban J connectivity index is 1.14. The van der Waals surface area contributed by atoms with Gasteiger partial charge < -0.3 is 8.98 Å². The molecule has 0 unspecified atom stereocenters. The van der Waals surface area contributed by atoms with Gasteiger partial charge in [0, 0.05) is 64.1 Å². The van der Waals surface area contributed by atoms with Crippen LogP contribution in [0.2, 0.25) is 0 Å². The fourth-order valence-electron chi connectivity index (χ4n) is 7.46. The molecular formula is C45H26N4OS. The van der Waals surface area contributed by atoms with Gasteiger partial charge >= 0.3 is 0 Å². The molecule has 0 aliphatic carbocycles. The molecule has 0 atom stereocenters. The monoisotopic (exact) mass is 670 g/mol. The lowest BCUT2D eigenvalue weighted by molar-refractivity contribution is 0.669. The van der Waals surface area contributed by atoms with Crippen LogP contribution in [-0.2, 0) is 0 Å². The third-order valence-electron chi connectivity index (χ3n) is 9.85. The van der Waals surface area contributed by atoms with Crippen molar-refractivity contribution in [1.82, 2.24) is 19.5 Å². The van der Waals surface area contributed by atoms with Crippen molar-refractivity contribution < 1.29 is 4.42 Å². The van der Waals surface area contributed by atoms with Crippen LogP contribution in [0, 0.1) is 0 Å². The quantitative estimate of drug-likeness (QED) is 0.187. The van der Waals surface area contributed by atoms with Gasteiger partial charge in [0.15, 0.2) is 17.5 Å². The molecule has 5 nitrogen and oxygen atoms in total. The topological polar surface area (TPSA) is 56.7 Å². The van der Waals surface area contributed by atoms with Gasteiger partial charge in [-0.2, -0.15) is 0 Å². The first-order valence-electron chi connectivity index (χ1n) is 16.9. The molecule has 11 aromatic rings. The van der Waals surface area contributed by atoms with E-state index in [9.17, 15) is 0 Å². The van der Waals surface area contributed by atoms with Crippen LogP contribution in [0.4, 0.5) is 0 Å². The molecule has 0 bridgehead atoms. The first kappa shape index (κ1) is 28.2. The van der Waals surface area contributed by atoms with Crippen molar-refractivity contribution in [3.63, 3.8) is 0 Å². The highest BCUT2D eigenvalue weighted by Gasteiger charge is 2.18. The lowest BCUT2D eigenvalue weighted by atomic mass is 10.1. The van der Waals surface area contributed by atoms with Crippen molar-refractivity contribution in [1.29, 1.82) is 0 Å². The average molecular weight is 671 g/mol. The van der Waals surface area contributed by atoms with Gasteiger partial charge in [-0.05, 0) is 72.8 Å². The summed E-state index contributed by atoms with van der Waals surface area (Å²) in [5.41, 5.74) is 7.91. The van der Waals surface area contributed by atoms with Gasteiger partial charge in [-0.1, -0.05) is 84.9 Å². The predicted octanol–water partition coefficient (Wildman–Crippen LogP) is 12.2. The van der Waals surface area contributed by atoms with Crippen LogP contribution in [-0.4, -0.2) is 19.5 Å². The maximum Gasteiger partial charge on any atom is 0.164 e. The Kier molecular flexibility index (Phi) is 6.05. The number of para-hydroxylation sites is 3. The summed E-state index contributed by atoms with van der Waals surface area (Å²) in [4.78, 5) is 15.5. The lowest BCUT2D eigenvalue weighted by Gasteiger charge is -2.10. The summed E-state index contributed by atoms with van der Waals surface area (Å²) < 4.78 is 10.9. The number of fused-ring (bicyclic) bond motifs is 9. The predicted molar refractivity (Wildman–Crippen MR) is 211 cm³/mol. The number of furan rings is 1. The Morgan fingerprint density at radius 3 is 1.78 bits per heavy atom. The van der Waals surface area contributed by atoms with Crippen LogP contribution in [0.5, 0.6) is 0 Å². The van der Waals surface area contributed by atoms with Gasteiger partial charge in [0.1, 0.15) is 11.2 Å². The van der Waals surface area contributed by atoms with E-state index in [1.807, 2.05) is 30.3 Å². The fourth-order valence-corrected chi connectivity index (χ4v) is 8.61. The molecule has 7 aromatic carbocycles. The Morgan fingerprint density at radius 2 is 0.961 bits per heavy atom. The van der Waals surface area contributed by atoms with Crippen molar-refractivity contribution in [3.8, 4) is 39.9 Å². The first-order valence-corrected chi connectivity index (χ1v) is 17.8. The van der Waals surface area contributed by atoms with Crippen molar-refractivity contribution >= 4 is 75.3 Å². The molecule has 6 heteroatoms. The molecule has 0 N–H and O–H groups in total. The standard InChI is InChI=1S/C45H26N4OS/c1-2-10-30(11-3-1)49-37-15-7-4-12-31(37)35-24-27(19-22-38(35)49)43-46-44(28-20-23-40-36(25-28)32-13-5-8-16-39(32)50-40)48-45(47-43)29-18-21-34-33-14-6-9-17-41(33)51-42(34)26-29/h1-26H. The number of hydrogen-bond acceptors (Lipinski definition) is 5. The molecule has 0 spiro atoms. The average Bonchev–Trinajstić information content (AvgIpc) is 3.86. The van der Waals surface area contributed by atoms with Crippen LogP contribution in [0.1, 0.15) is 0 Å². The van der Waals surface area contributed by atoms with E-state index in [4.69, 9.17) is 19.4 Å². The molecule has 0 saturated carbocycles. The van der Waals surface area contributed by atoms with Crippen LogP contribution in [0.15, 0.2) is 162 Å². The number of aromatic nitrogens is 4. The zero-order valence-electron chi connectivity index (χ0n) is 27.1. The SMILES string of the molecule is c1ccc(-n2c3ccccc3c3cc(-c4nc(-c5ccc6c(c5)sc5ccccc56)nc(-c5ccc6oc7ccccc7c6c5)n4)ccc32)cc1. The Morgan fingerprint density at radius 1 is 0.392 bits per heavy atom.